The number of amides is 2. The van der Waals surface area contributed by atoms with E-state index in [-0.39, 0.29) is 17.9 Å². The Hall–Kier alpha value is -2.80. The molecule has 0 spiro atoms. The van der Waals surface area contributed by atoms with Crippen molar-refractivity contribution in [2.45, 2.75) is 12.8 Å². The van der Waals surface area contributed by atoms with Gasteiger partial charge in [-0.05, 0) is 43.2 Å². The van der Waals surface area contributed by atoms with Crippen molar-refractivity contribution in [1.29, 1.82) is 0 Å². The molecule has 2 saturated heterocycles. The predicted octanol–water partition coefficient (Wildman–Crippen LogP) is 3.55. The van der Waals surface area contributed by atoms with Gasteiger partial charge in [0.2, 0.25) is 5.91 Å². The minimum atomic E-state index is -0.355. The number of anilines is 3. The molecule has 0 radical (unpaired) electrons. The summed E-state index contributed by atoms with van der Waals surface area (Å²) >= 11 is 5.89. The molecule has 0 unspecified atom stereocenters. The number of piperidine rings is 1. The van der Waals surface area contributed by atoms with Crippen LogP contribution in [0.2, 0.25) is 5.02 Å². The zero-order valence-corrected chi connectivity index (χ0v) is 16.1. The first-order valence-electron chi connectivity index (χ1n) is 9.32. The minimum Gasteiger partial charge on any atom is -0.447 e. The van der Waals surface area contributed by atoms with Crippen molar-refractivity contribution in [1.82, 2.24) is 4.98 Å². The highest BCUT2D eigenvalue weighted by molar-refractivity contribution is 6.30. The van der Waals surface area contributed by atoms with Crippen molar-refractivity contribution >= 4 is 40.8 Å². The van der Waals surface area contributed by atoms with Gasteiger partial charge in [0.1, 0.15) is 12.4 Å². The van der Waals surface area contributed by atoms with E-state index in [0.29, 0.717) is 23.9 Å². The molecule has 0 atom stereocenters. The normalized spacial score (nSPS) is 17.5. The van der Waals surface area contributed by atoms with Crippen molar-refractivity contribution in [3.63, 3.8) is 0 Å². The maximum atomic E-state index is 12.7. The van der Waals surface area contributed by atoms with E-state index < -0.39 is 0 Å². The Balaban J connectivity index is 1.34. The number of nitrogens with one attached hydrogen (secondary N) is 1. The fraction of sp³-hybridized carbons (Fsp3) is 0.350. The molecule has 4 rings (SSSR count). The van der Waals surface area contributed by atoms with Crippen LogP contribution in [0.4, 0.5) is 22.0 Å². The molecule has 0 aliphatic carbocycles. The summed E-state index contributed by atoms with van der Waals surface area (Å²) in [7, 11) is 0. The molecule has 1 aromatic heterocycles. The van der Waals surface area contributed by atoms with Crippen LogP contribution in [0.25, 0.3) is 0 Å². The third-order valence-electron chi connectivity index (χ3n) is 5.09. The first-order chi connectivity index (χ1) is 13.6. The first kappa shape index (κ1) is 18.6. The SMILES string of the molecule is O=C(Nc1cccc(N2CCOC2=O)c1)C1CCN(c2ccc(Cl)cn2)CC1. The summed E-state index contributed by atoms with van der Waals surface area (Å²) in [5.74, 6) is 0.835. The number of benzene rings is 1. The van der Waals surface area contributed by atoms with Crippen LogP contribution in [0.1, 0.15) is 12.8 Å². The molecule has 2 aliphatic rings. The highest BCUT2D eigenvalue weighted by Gasteiger charge is 2.27. The topological polar surface area (TPSA) is 74.8 Å². The van der Waals surface area contributed by atoms with Gasteiger partial charge in [0.15, 0.2) is 0 Å². The highest BCUT2D eigenvalue weighted by atomic mass is 35.5. The molecule has 0 saturated carbocycles. The smallest absolute Gasteiger partial charge is 0.414 e. The Kier molecular flexibility index (Phi) is 5.34. The van der Waals surface area contributed by atoms with Gasteiger partial charge in [0.05, 0.1) is 11.6 Å². The van der Waals surface area contributed by atoms with Crippen LogP contribution in [0.5, 0.6) is 0 Å². The fourth-order valence-corrected chi connectivity index (χ4v) is 3.66. The van der Waals surface area contributed by atoms with Gasteiger partial charge in [0, 0.05) is 36.6 Å². The second-order valence-corrected chi connectivity index (χ2v) is 7.34. The van der Waals surface area contributed by atoms with E-state index in [1.165, 1.54) is 0 Å². The molecular formula is C20H21ClN4O3. The van der Waals surface area contributed by atoms with E-state index in [1.54, 1.807) is 17.2 Å². The van der Waals surface area contributed by atoms with E-state index in [0.717, 1.165) is 37.4 Å². The third kappa shape index (κ3) is 4.04. The van der Waals surface area contributed by atoms with Crippen LogP contribution in [0, 0.1) is 5.92 Å². The number of hydrogen-bond donors (Lipinski definition) is 1. The predicted molar refractivity (Wildman–Crippen MR) is 108 cm³/mol. The highest BCUT2D eigenvalue weighted by Crippen LogP contribution is 2.26. The lowest BCUT2D eigenvalue weighted by atomic mass is 9.95. The van der Waals surface area contributed by atoms with E-state index in [1.807, 2.05) is 30.3 Å². The molecule has 2 amide bonds. The van der Waals surface area contributed by atoms with E-state index in [9.17, 15) is 9.59 Å². The maximum absolute atomic E-state index is 12.7. The number of carbonyl (C=O) groups is 2. The molecule has 28 heavy (non-hydrogen) atoms. The van der Waals surface area contributed by atoms with Crippen molar-refractivity contribution < 1.29 is 14.3 Å². The van der Waals surface area contributed by atoms with Crippen LogP contribution >= 0.6 is 11.6 Å². The van der Waals surface area contributed by atoms with Crippen LogP contribution < -0.4 is 15.1 Å². The average molecular weight is 401 g/mol. The van der Waals surface area contributed by atoms with Crippen LogP contribution in [-0.4, -0.2) is 43.2 Å². The van der Waals surface area contributed by atoms with Crippen molar-refractivity contribution in [2.75, 3.05) is 41.4 Å². The first-order valence-corrected chi connectivity index (χ1v) is 9.70. The molecule has 146 valence electrons. The number of halogens is 1. The zero-order valence-electron chi connectivity index (χ0n) is 15.3. The molecule has 1 N–H and O–H groups in total. The molecule has 7 nitrogen and oxygen atoms in total. The summed E-state index contributed by atoms with van der Waals surface area (Å²) in [6, 6.07) is 11.0. The van der Waals surface area contributed by atoms with E-state index >= 15 is 0 Å². The summed E-state index contributed by atoms with van der Waals surface area (Å²) in [5, 5.41) is 3.60. The van der Waals surface area contributed by atoms with Crippen LogP contribution in [-0.2, 0) is 9.53 Å². The largest absolute Gasteiger partial charge is 0.447 e. The zero-order chi connectivity index (χ0) is 19.5. The summed E-state index contributed by atoms with van der Waals surface area (Å²) in [5.41, 5.74) is 1.41. The monoisotopic (exact) mass is 400 g/mol. The van der Waals surface area contributed by atoms with Gasteiger partial charge in [-0.25, -0.2) is 9.78 Å². The molecule has 0 bridgehead atoms. The molecular weight excluding hydrogens is 380 g/mol. The average Bonchev–Trinajstić information content (AvgIpc) is 3.15. The number of aromatic nitrogens is 1. The lowest BCUT2D eigenvalue weighted by molar-refractivity contribution is -0.120. The Labute approximate surface area is 168 Å². The Morgan fingerprint density at radius 2 is 2.00 bits per heavy atom. The van der Waals surface area contributed by atoms with Crippen molar-refractivity contribution in [3.8, 4) is 0 Å². The Morgan fingerprint density at radius 3 is 2.68 bits per heavy atom. The van der Waals surface area contributed by atoms with Gasteiger partial charge in [-0.2, -0.15) is 0 Å². The maximum Gasteiger partial charge on any atom is 0.414 e. The molecule has 2 aliphatic heterocycles. The number of ether oxygens (including phenoxy) is 1. The van der Waals surface area contributed by atoms with E-state index in [2.05, 4.69) is 15.2 Å². The number of rotatable bonds is 4. The molecule has 8 heteroatoms. The summed E-state index contributed by atoms with van der Waals surface area (Å²) in [4.78, 5) is 32.5. The Morgan fingerprint density at radius 1 is 1.18 bits per heavy atom. The second kappa shape index (κ2) is 8.06. The molecule has 2 aromatic rings. The number of nitrogens with zero attached hydrogens (tertiary/aromatic N) is 3. The molecule has 1 aromatic carbocycles. The fourth-order valence-electron chi connectivity index (χ4n) is 3.55. The molecule has 3 heterocycles. The standard InChI is InChI=1S/C20H21ClN4O3/c21-15-4-5-18(22-13-15)24-8-6-14(7-9-24)19(26)23-16-2-1-3-17(12-16)25-10-11-28-20(25)27/h1-5,12-14H,6-11H2,(H,23,26). The van der Waals surface area contributed by atoms with Gasteiger partial charge in [-0.15, -0.1) is 0 Å². The minimum absolute atomic E-state index is 0.00450. The van der Waals surface area contributed by atoms with Crippen molar-refractivity contribution in [3.05, 3.63) is 47.6 Å². The van der Waals surface area contributed by atoms with Gasteiger partial charge in [-0.3, -0.25) is 9.69 Å². The van der Waals surface area contributed by atoms with E-state index in [4.69, 9.17) is 16.3 Å². The summed E-state index contributed by atoms with van der Waals surface area (Å²) < 4.78 is 4.97. The third-order valence-corrected chi connectivity index (χ3v) is 5.31. The summed E-state index contributed by atoms with van der Waals surface area (Å²) in [6.45, 7) is 2.45. The lowest BCUT2D eigenvalue weighted by Crippen LogP contribution is -2.38. The van der Waals surface area contributed by atoms with Gasteiger partial charge in [0.25, 0.3) is 0 Å². The van der Waals surface area contributed by atoms with Gasteiger partial charge in [-0.1, -0.05) is 17.7 Å². The van der Waals surface area contributed by atoms with Crippen molar-refractivity contribution in [2.24, 2.45) is 5.92 Å². The summed E-state index contributed by atoms with van der Waals surface area (Å²) in [6.07, 6.45) is 2.80. The van der Waals surface area contributed by atoms with Crippen LogP contribution in [0.15, 0.2) is 42.6 Å². The van der Waals surface area contributed by atoms with Gasteiger partial charge < -0.3 is 15.0 Å². The molecule has 2 fully saturated rings. The number of cyclic esters (lactones) is 1. The van der Waals surface area contributed by atoms with Gasteiger partial charge >= 0.3 is 6.09 Å². The lowest BCUT2D eigenvalue weighted by Gasteiger charge is -2.32. The number of hydrogen-bond acceptors (Lipinski definition) is 5. The quantitative estimate of drug-likeness (QED) is 0.849. The Bertz CT molecular complexity index is 866. The van der Waals surface area contributed by atoms with Crippen LogP contribution in [0.3, 0.4) is 0 Å². The number of pyridine rings is 1. The number of carbonyl (C=O) groups excluding carboxylic acids is 2. The second-order valence-electron chi connectivity index (χ2n) is 6.90.